The average molecular weight is 353 g/mol. The molecule has 24 heavy (non-hydrogen) atoms. The quantitative estimate of drug-likeness (QED) is 0.850. The van der Waals surface area contributed by atoms with Gasteiger partial charge in [-0.3, -0.25) is 4.79 Å². The van der Waals surface area contributed by atoms with Gasteiger partial charge in [0.15, 0.2) is 0 Å². The third-order valence-corrected chi connectivity index (χ3v) is 5.68. The summed E-state index contributed by atoms with van der Waals surface area (Å²) in [5.41, 5.74) is 5.20. The van der Waals surface area contributed by atoms with E-state index in [4.69, 9.17) is 10.5 Å². The van der Waals surface area contributed by atoms with E-state index in [0.29, 0.717) is 11.3 Å². The van der Waals surface area contributed by atoms with Gasteiger partial charge >= 0.3 is 6.09 Å². The zero-order valence-electron chi connectivity index (χ0n) is 13.4. The van der Waals surface area contributed by atoms with Crippen LogP contribution in [0.2, 0.25) is 0 Å². The van der Waals surface area contributed by atoms with Crippen molar-refractivity contribution in [2.45, 2.75) is 18.4 Å². The topological polar surface area (TPSA) is 84.7 Å². The molecule has 0 saturated carbocycles. The Bertz CT molecular complexity index is 666. The van der Waals surface area contributed by atoms with Crippen molar-refractivity contribution in [2.24, 2.45) is 5.73 Å². The van der Waals surface area contributed by atoms with Gasteiger partial charge in [0, 0.05) is 24.6 Å². The SMILES string of the molecule is CC(C(N)=O)(c1ccc(N2CCSCC2)c(F)c1)C1CNC(=O)O1. The molecule has 0 aromatic heterocycles. The number of thioether (sulfide) groups is 1. The molecule has 2 atom stereocenters. The minimum absolute atomic E-state index is 0.158. The number of nitrogens with zero attached hydrogens (tertiary/aromatic N) is 1. The monoisotopic (exact) mass is 353 g/mol. The van der Waals surface area contributed by atoms with Crippen molar-refractivity contribution in [2.75, 3.05) is 36.0 Å². The molecule has 2 saturated heterocycles. The highest BCUT2D eigenvalue weighted by Gasteiger charge is 2.47. The van der Waals surface area contributed by atoms with Crippen molar-refractivity contribution in [1.29, 1.82) is 0 Å². The minimum Gasteiger partial charge on any atom is -0.443 e. The molecule has 0 radical (unpaired) electrons. The Hall–Kier alpha value is -1.96. The van der Waals surface area contributed by atoms with Crippen molar-refractivity contribution in [3.8, 4) is 0 Å². The Morgan fingerprint density at radius 2 is 2.17 bits per heavy atom. The van der Waals surface area contributed by atoms with E-state index in [9.17, 15) is 14.0 Å². The fraction of sp³-hybridized carbons (Fsp3) is 0.500. The number of nitrogens with two attached hydrogens (primary N) is 1. The number of benzene rings is 1. The van der Waals surface area contributed by atoms with Gasteiger partial charge in [-0.25, -0.2) is 9.18 Å². The number of ether oxygens (including phenoxy) is 1. The Morgan fingerprint density at radius 1 is 1.46 bits per heavy atom. The Labute approximate surface area is 143 Å². The van der Waals surface area contributed by atoms with E-state index in [-0.39, 0.29) is 6.54 Å². The van der Waals surface area contributed by atoms with Gasteiger partial charge in [-0.05, 0) is 24.6 Å². The highest BCUT2D eigenvalue weighted by molar-refractivity contribution is 7.99. The number of hydrogen-bond acceptors (Lipinski definition) is 5. The van der Waals surface area contributed by atoms with Crippen LogP contribution in [0.4, 0.5) is 14.9 Å². The van der Waals surface area contributed by atoms with Crippen molar-refractivity contribution >= 4 is 29.4 Å². The Kier molecular flexibility index (Phi) is 4.58. The molecule has 2 amide bonds. The number of amides is 2. The first-order chi connectivity index (χ1) is 11.4. The molecule has 1 aromatic carbocycles. The summed E-state index contributed by atoms with van der Waals surface area (Å²) >= 11 is 1.85. The summed E-state index contributed by atoms with van der Waals surface area (Å²) in [6.45, 7) is 3.31. The van der Waals surface area contributed by atoms with Crippen LogP contribution in [0.1, 0.15) is 12.5 Å². The lowest BCUT2D eigenvalue weighted by atomic mass is 9.76. The number of carbonyl (C=O) groups is 2. The number of primary amides is 1. The van der Waals surface area contributed by atoms with Crippen LogP contribution in [-0.4, -0.2) is 49.2 Å². The van der Waals surface area contributed by atoms with E-state index in [2.05, 4.69) is 5.32 Å². The molecule has 3 N–H and O–H groups in total. The maximum atomic E-state index is 14.7. The summed E-state index contributed by atoms with van der Waals surface area (Å²) in [7, 11) is 0. The summed E-state index contributed by atoms with van der Waals surface area (Å²) in [6, 6.07) is 4.69. The van der Waals surface area contributed by atoms with Crippen LogP contribution < -0.4 is 16.0 Å². The standard InChI is InChI=1S/C16H20FN3O3S/c1-16(14(18)21,13-9-19-15(22)23-13)10-2-3-12(11(17)8-10)20-4-6-24-7-5-20/h2-3,8,13H,4-7,9H2,1H3,(H2,18,21)(H,19,22). The van der Waals surface area contributed by atoms with Gasteiger partial charge in [0.2, 0.25) is 5.91 Å². The molecule has 1 aromatic rings. The van der Waals surface area contributed by atoms with Crippen LogP contribution in [0.3, 0.4) is 0 Å². The third-order valence-electron chi connectivity index (χ3n) is 4.74. The summed E-state index contributed by atoms with van der Waals surface area (Å²) in [5.74, 6) is 0.864. The van der Waals surface area contributed by atoms with Crippen LogP contribution in [0.25, 0.3) is 0 Å². The number of cyclic esters (lactones) is 1. The molecule has 6 nitrogen and oxygen atoms in total. The van der Waals surface area contributed by atoms with Crippen molar-refractivity contribution in [3.05, 3.63) is 29.6 Å². The van der Waals surface area contributed by atoms with Gasteiger partial charge in [-0.2, -0.15) is 11.8 Å². The normalized spacial score (nSPS) is 23.3. The molecule has 0 spiro atoms. The third kappa shape index (κ3) is 2.90. The fourth-order valence-electron chi connectivity index (χ4n) is 3.09. The zero-order valence-corrected chi connectivity index (χ0v) is 14.2. The molecule has 8 heteroatoms. The predicted molar refractivity (Wildman–Crippen MR) is 90.8 cm³/mol. The molecule has 2 aliphatic heterocycles. The summed E-state index contributed by atoms with van der Waals surface area (Å²) < 4.78 is 19.8. The van der Waals surface area contributed by atoms with Gasteiger partial charge in [0.05, 0.1) is 12.2 Å². The van der Waals surface area contributed by atoms with E-state index < -0.39 is 29.3 Å². The molecule has 2 fully saturated rings. The summed E-state index contributed by atoms with van der Waals surface area (Å²) in [6.07, 6.45) is -1.37. The number of anilines is 1. The van der Waals surface area contributed by atoms with Gasteiger partial charge in [-0.15, -0.1) is 0 Å². The zero-order chi connectivity index (χ0) is 17.3. The van der Waals surface area contributed by atoms with E-state index >= 15 is 0 Å². The van der Waals surface area contributed by atoms with Crippen LogP contribution in [0.15, 0.2) is 18.2 Å². The molecule has 0 aliphatic carbocycles. The smallest absolute Gasteiger partial charge is 0.407 e. The first-order valence-corrected chi connectivity index (χ1v) is 8.95. The first-order valence-electron chi connectivity index (χ1n) is 7.80. The predicted octanol–water partition coefficient (Wildman–Crippen LogP) is 1.23. The first kappa shape index (κ1) is 16.9. The van der Waals surface area contributed by atoms with Crippen molar-refractivity contribution < 1.29 is 18.7 Å². The molecule has 2 unspecified atom stereocenters. The van der Waals surface area contributed by atoms with Crippen LogP contribution >= 0.6 is 11.8 Å². The molecule has 3 rings (SSSR count). The van der Waals surface area contributed by atoms with Gasteiger partial charge in [0.1, 0.15) is 17.3 Å². The fourth-order valence-corrected chi connectivity index (χ4v) is 3.99. The molecular weight excluding hydrogens is 333 g/mol. The van der Waals surface area contributed by atoms with Crippen LogP contribution in [0, 0.1) is 5.82 Å². The van der Waals surface area contributed by atoms with Crippen LogP contribution in [-0.2, 0) is 14.9 Å². The largest absolute Gasteiger partial charge is 0.443 e. The van der Waals surface area contributed by atoms with Gasteiger partial charge in [-0.1, -0.05) is 6.07 Å². The molecule has 2 heterocycles. The summed E-state index contributed by atoms with van der Waals surface area (Å²) in [4.78, 5) is 25.4. The maximum Gasteiger partial charge on any atom is 0.407 e. The number of alkyl carbamates (subject to hydrolysis) is 1. The average Bonchev–Trinajstić information content (AvgIpc) is 3.01. The van der Waals surface area contributed by atoms with E-state index in [1.54, 1.807) is 19.1 Å². The van der Waals surface area contributed by atoms with Crippen molar-refractivity contribution in [1.82, 2.24) is 5.32 Å². The van der Waals surface area contributed by atoms with Crippen LogP contribution in [0.5, 0.6) is 0 Å². The molecular formula is C16H20FN3O3S. The second-order valence-corrected chi connectivity index (χ2v) is 7.33. The van der Waals surface area contributed by atoms with E-state index in [1.807, 2.05) is 16.7 Å². The lowest BCUT2D eigenvalue weighted by Gasteiger charge is -2.32. The highest BCUT2D eigenvalue weighted by atomic mass is 32.2. The lowest BCUT2D eigenvalue weighted by Crippen LogP contribution is -2.49. The second kappa shape index (κ2) is 6.51. The summed E-state index contributed by atoms with van der Waals surface area (Å²) in [5, 5.41) is 2.50. The number of nitrogens with one attached hydrogen (secondary N) is 1. The molecule has 2 aliphatic rings. The molecule has 130 valence electrons. The second-order valence-electron chi connectivity index (χ2n) is 6.11. The number of hydrogen-bond donors (Lipinski definition) is 2. The Balaban J connectivity index is 1.93. The Morgan fingerprint density at radius 3 is 2.71 bits per heavy atom. The lowest BCUT2D eigenvalue weighted by molar-refractivity contribution is -0.126. The minimum atomic E-state index is -1.30. The maximum absolute atomic E-state index is 14.7. The van der Waals surface area contributed by atoms with Crippen molar-refractivity contribution in [3.63, 3.8) is 0 Å². The van der Waals surface area contributed by atoms with E-state index in [1.165, 1.54) is 6.07 Å². The number of halogens is 1. The highest BCUT2D eigenvalue weighted by Crippen LogP contribution is 2.34. The van der Waals surface area contributed by atoms with E-state index in [0.717, 1.165) is 24.6 Å². The molecule has 0 bridgehead atoms. The number of carbonyl (C=O) groups excluding carboxylic acids is 2. The van der Waals surface area contributed by atoms with Gasteiger partial charge in [0.25, 0.3) is 0 Å². The van der Waals surface area contributed by atoms with Gasteiger partial charge < -0.3 is 20.7 Å². The number of rotatable bonds is 4.